The maximum Gasteiger partial charge on any atom is 0.164 e. The minimum absolute atomic E-state index is 0.565. The molecule has 0 aliphatic heterocycles. The van der Waals surface area contributed by atoms with Gasteiger partial charge >= 0.3 is 0 Å². The molecule has 2 aromatic heterocycles. The summed E-state index contributed by atoms with van der Waals surface area (Å²) in [6.45, 7) is 0. The third-order valence-corrected chi connectivity index (χ3v) is 10.9. The van der Waals surface area contributed by atoms with E-state index in [1.54, 1.807) is 0 Å². The molecule has 5 heteroatoms. The van der Waals surface area contributed by atoms with E-state index in [-0.39, 0.29) is 0 Å². The normalized spacial score (nSPS) is 11.4. The molecule has 0 aliphatic carbocycles. The summed E-state index contributed by atoms with van der Waals surface area (Å²) in [6, 6.07) is 71.7. The van der Waals surface area contributed by atoms with E-state index in [1.165, 1.54) is 16.3 Å². The van der Waals surface area contributed by atoms with Crippen LogP contribution in [0.25, 0.3) is 88.8 Å². The highest BCUT2D eigenvalue weighted by atomic mass is 16.3. The Balaban J connectivity index is 1.12. The fourth-order valence-electron chi connectivity index (χ4n) is 8.01. The zero-order valence-corrected chi connectivity index (χ0v) is 31.3. The highest BCUT2D eigenvalue weighted by molar-refractivity contribution is 6.13. The molecule has 0 radical (unpaired) electrons. The van der Waals surface area contributed by atoms with E-state index in [2.05, 4.69) is 157 Å². The van der Waals surface area contributed by atoms with Gasteiger partial charge in [0.1, 0.15) is 11.2 Å². The molecule has 0 saturated heterocycles. The second-order valence-corrected chi connectivity index (χ2v) is 14.5. The summed E-state index contributed by atoms with van der Waals surface area (Å²) in [7, 11) is 0. The van der Waals surface area contributed by atoms with Gasteiger partial charge in [0.15, 0.2) is 17.5 Å². The number of benzene rings is 9. The predicted octanol–water partition coefficient (Wildman–Crippen LogP) is 14.2. The van der Waals surface area contributed by atoms with Gasteiger partial charge in [0, 0.05) is 44.9 Å². The Morgan fingerprint density at radius 1 is 0.328 bits per heavy atom. The molecule has 11 rings (SSSR count). The minimum Gasteiger partial charge on any atom is -0.456 e. The second-order valence-electron chi connectivity index (χ2n) is 14.5. The van der Waals surface area contributed by atoms with Gasteiger partial charge in [-0.3, -0.25) is 0 Å². The molecule has 11 aromatic rings. The van der Waals surface area contributed by atoms with Crippen LogP contribution in [0.3, 0.4) is 0 Å². The minimum atomic E-state index is 0.565. The summed E-state index contributed by atoms with van der Waals surface area (Å²) in [6.07, 6.45) is 0. The number of nitrogens with zero attached hydrogens (tertiary/aromatic N) is 4. The number of hydrogen-bond acceptors (Lipinski definition) is 5. The first kappa shape index (κ1) is 33.4. The standard InChI is InChI=1S/C53H34N4O/c1-3-15-38(16-4-1)51-54-52(42-26-24-36-14-8-10-18-40(36)32-42)56-53(55-51)47-33-45(34-49-50(47)46-21-11-12-22-48(46)58-49)57(43-19-5-2-6-20-43)44-29-27-37(28-30-44)41-25-23-35-13-7-9-17-39(35)31-41/h1-34H. The van der Waals surface area contributed by atoms with Crippen molar-refractivity contribution in [1.82, 2.24) is 15.0 Å². The Bertz CT molecular complexity index is 3280. The maximum absolute atomic E-state index is 6.67. The number of hydrogen-bond donors (Lipinski definition) is 0. The van der Waals surface area contributed by atoms with Gasteiger partial charge in [0.25, 0.3) is 0 Å². The third-order valence-electron chi connectivity index (χ3n) is 10.9. The largest absolute Gasteiger partial charge is 0.456 e. The number of furan rings is 1. The molecule has 0 bridgehead atoms. The molecule has 0 atom stereocenters. The lowest BCUT2D eigenvalue weighted by atomic mass is 10.0. The van der Waals surface area contributed by atoms with Gasteiger partial charge in [-0.25, -0.2) is 15.0 Å². The zero-order chi connectivity index (χ0) is 38.4. The van der Waals surface area contributed by atoms with Crippen molar-refractivity contribution >= 4 is 60.5 Å². The molecule has 2 heterocycles. The Morgan fingerprint density at radius 3 is 1.59 bits per heavy atom. The summed E-state index contributed by atoms with van der Waals surface area (Å²) < 4.78 is 6.67. The van der Waals surface area contributed by atoms with Crippen LogP contribution >= 0.6 is 0 Å². The van der Waals surface area contributed by atoms with Crippen LogP contribution in [0, 0.1) is 0 Å². The lowest BCUT2D eigenvalue weighted by molar-refractivity contribution is 0.669. The van der Waals surface area contributed by atoms with E-state index >= 15 is 0 Å². The topological polar surface area (TPSA) is 55.1 Å². The quantitative estimate of drug-likeness (QED) is 0.163. The van der Waals surface area contributed by atoms with Gasteiger partial charge in [0.2, 0.25) is 0 Å². The van der Waals surface area contributed by atoms with Crippen molar-refractivity contribution in [1.29, 1.82) is 0 Å². The molecule has 0 saturated carbocycles. The van der Waals surface area contributed by atoms with Crippen molar-refractivity contribution < 1.29 is 4.42 Å². The van der Waals surface area contributed by atoms with E-state index in [0.29, 0.717) is 17.5 Å². The van der Waals surface area contributed by atoms with Gasteiger partial charge in [-0.15, -0.1) is 0 Å². The highest BCUT2D eigenvalue weighted by Crippen LogP contribution is 2.44. The molecular weight excluding hydrogens is 709 g/mol. The molecule has 9 aromatic carbocycles. The first-order valence-electron chi connectivity index (χ1n) is 19.4. The smallest absolute Gasteiger partial charge is 0.164 e. The SMILES string of the molecule is c1ccc(-c2nc(-c3ccc4ccccc4c3)nc(-c3cc(N(c4ccccc4)c4ccc(-c5ccc6ccccc6c5)cc4)cc4oc5ccccc5c34)n2)cc1. The van der Waals surface area contributed by atoms with Crippen molar-refractivity contribution in [2.24, 2.45) is 0 Å². The van der Waals surface area contributed by atoms with Gasteiger partial charge in [-0.2, -0.15) is 0 Å². The van der Waals surface area contributed by atoms with Crippen molar-refractivity contribution in [2.75, 3.05) is 4.90 Å². The average Bonchev–Trinajstić information content (AvgIpc) is 3.68. The van der Waals surface area contributed by atoms with Gasteiger partial charge < -0.3 is 9.32 Å². The predicted molar refractivity (Wildman–Crippen MR) is 239 cm³/mol. The Hall–Kier alpha value is -7.89. The Labute approximate surface area is 335 Å². The van der Waals surface area contributed by atoms with Gasteiger partial charge in [-0.05, 0) is 81.2 Å². The monoisotopic (exact) mass is 742 g/mol. The Morgan fingerprint density at radius 2 is 0.862 bits per heavy atom. The van der Waals surface area contributed by atoms with Crippen LogP contribution < -0.4 is 4.90 Å². The van der Waals surface area contributed by atoms with Crippen LogP contribution in [0.15, 0.2) is 211 Å². The average molecular weight is 743 g/mol. The van der Waals surface area contributed by atoms with E-state index in [0.717, 1.165) is 72.0 Å². The van der Waals surface area contributed by atoms with Crippen LogP contribution in [0.5, 0.6) is 0 Å². The van der Waals surface area contributed by atoms with Crippen LogP contribution in [-0.4, -0.2) is 15.0 Å². The third kappa shape index (κ3) is 6.03. The highest BCUT2D eigenvalue weighted by Gasteiger charge is 2.22. The molecule has 272 valence electrons. The second kappa shape index (κ2) is 14.0. The summed E-state index contributed by atoms with van der Waals surface area (Å²) >= 11 is 0. The first-order chi connectivity index (χ1) is 28.7. The number of para-hydroxylation sites is 2. The van der Waals surface area contributed by atoms with E-state index in [9.17, 15) is 0 Å². The fourth-order valence-corrected chi connectivity index (χ4v) is 8.01. The molecule has 0 spiro atoms. The van der Waals surface area contributed by atoms with Crippen LogP contribution in [0.4, 0.5) is 17.1 Å². The van der Waals surface area contributed by atoms with E-state index in [1.807, 2.05) is 54.6 Å². The van der Waals surface area contributed by atoms with Gasteiger partial charge in [0.05, 0.1) is 5.69 Å². The Kier molecular flexibility index (Phi) is 8.07. The molecule has 0 amide bonds. The lowest BCUT2D eigenvalue weighted by Crippen LogP contribution is -2.10. The molecule has 0 unspecified atom stereocenters. The molecule has 0 N–H and O–H groups in total. The molecule has 5 nitrogen and oxygen atoms in total. The number of rotatable bonds is 7. The van der Waals surface area contributed by atoms with E-state index < -0.39 is 0 Å². The number of fused-ring (bicyclic) bond motifs is 5. The zero-order valence-electron chi connectivity index (χ0n) is 31.3. The molecule has 0 aliphatic rings. The molecule has 0 fully saturated rings. The van der Waals surface area contributed by atoms with Crippen LogP contribution in [0.1, 0.15) is 0 Å². The summed E-state index contributed by atoms with van der Waals surface area (Å²) in [5, 5.41) is 6.69. The van der Waals surface area contributed by atoms with Gasteiger partial charge in [-0.1, -0.05) is 152 Å². The van der Waals surface area contributed by atoms with Crippen LogP contribution in [0.2, 0.25) is 0 Å². The molecular formula is C53H34N4O. The van der Waals surface area contributed by atoms with Crippen molar-refractivity contribution in [2.45, 2.75) is 0 Å². The lowest BCUT2D eigenvalue weighted by Gasteiger charge is -2.26. The fraction of sp³-hybridized carbons (Fsp3) is 0. The number of aromatic nitrogens is 3. The summed E-state index contributed by atoms with van der Waals surface area (Å²) in [5.41, 5.74) is 9.49. The maximum atomic E-state index is 6.67. The summed E-state index contributed by atoms with van der Waals surface area (Å²) in [5.74, 6) is 1.77. The first-order valence-corrected chi connectivity index (χ1v) is 19.4. The molecule has 58 heavy (non-hydrogen) atoms. The van der Waals surface area contributed by atoms with Crippen LogP contribution in [-0.2, 0) is 0 Å². The summed E-state index contributed by atoms with van der Waals surface area (Å²) in [4.78, 5) is 17.9. The van der Waals surface area contributed by atoms with Crippen molar-refractivity contribution in [3.63, 3.8) is 0 Å². The van der Waals surface area contributed by atoms with Crippen molar-refractivity contribution in [3.8, 4) is 45.3 Å². The van der Waals surface area contributed by atoms with Crippen molar-refractivity contribution in [3.05, 3.63) is 206 Å². The number of anilines is 3. The van der Waals surface area contributed by atoms with E-state index in [4.69, 9.17) is 19.4 Å².